The second-order valence-corrected chi connectivity index (χ2v) is 8.15. The van der Waals surface area contributed by atoms with Gasteiger partial charge in [0.25, 0.3) is 0 Å². The molecule has 0 N–H and O–H groups in total. The van der Waals surface area contributed by atoms with E-state index in [9.17, 15) is 9.59 Å². The van der Waals surface area contributed by atoms with Crippen LogP contribution in [0.15, 0.2) is 47.1 Å². The molecule has 0 bridgehead atoms. The predicted octanol–water partition coefficient (Wildman–Crippen LogP) is 2.89. The quantitative estimate of drug-likeness (QED) is 0.687. The normalized spacial score (nSPS) is 21.5. The zero-order chi connectivity index (χ0) is 20.4. The van der Waals surface area contributed by atoms with Gasteiger partial charge >= 0.3 is 0 Å². The fourth-order valence-corrected chi connectivity index (χ4v) is 4.02. The molecule has 3 heterocycles. The summed E-state index contributed by atoms with van der Waals surface area (Å²) in [5.74, 6) is 0.874. The van der Waals surface area contributed by atoms with Gasteiger partial charge in [0.2, 0.25) is 17.7 Å². The lowest BCUT2D eigenvalue weighted by Gasteiger charge is -2.21. The number of ether oxygens (including phenoxy) is 2. The number of rotatable bonds is 5. The van der Waals surface area contributed by atoms with Crippen LogP contribution in [0.3, 0.4) is 0 Å². The first-order valence-corrected chi connectivity index (χ1v) is 10.3. The minimum Gasteiger partial charge on any atom is -0.497 e. The van der Waals surface area contributed by atoms with E-state index in [1.807, 2.05) is 30.3 Å². The highest BCUT2D eigenvalue weighted by Gasteiger charge is 2.39. The van der Waals surface area contributed by atoms with Crippen LogP contribution in [-0.2, 0) is 9.59 Å². The minimum atomic E-state index is -0.335. The number of aromatic nitrogens is 1. The maximum atomic E-state index is 13.0. The van der Waals surface area contributed by atoms with E-state index in [0.717, 1.165) is 16.6 Å². The average Bonchev–Trinajstić information content (AvgIpc) is 3.36. The zero-order valence-electron chi connectivity index (χ0n) is 16.1. The van der Waals surface area contributed by atoms with Crippen molar-refractivity contribution in [2.45, 2.75) is 18.9 Å². The van der Waals surface area contributed by atoms with Crippen molar-refractivity contribution >= 4 is 33.4 Å². The Hall–Kier alpha value is -2.61. The van der Waals surface area contributed by atoms with E-state index in [1.165, 1.54) is 0 Å². The lowest BCUT2D eigenvalue weighted by atomic mass is 10.1. The number of benzene rings is 1. The van der Waals surface area contributed by atoms with Gasteiger partial charge in [-0.15, -0.1) is 0 Å². The van der Waals surface area contributed by atoms with Gasteiger partial charge in [-0.3, -0.25) is 9.59 Å². The van der Waals surface area contributed by atoms with Crippen LogP contribution in [0.4, 0.5) is 5.69 Å². The summed E-state index contributed by atoms with van der Waals surface area (Å²) in [5, 5.41) is 0. The highest BCUT2D eigenvalue weighted by molar-refractivity contribution is 9.10. The zero-order valence-corrected chi connectivity index (χ0v) is 17.7. The summed E-state index contributed by atoms with van der Waals surface area (Å²) in [6.07, 6.45) is 2.58. The third-order valence-corrected chi connectivity index (χ3v) is 5.75. The summed E-state index contributed by atoms with van der Waals surface area (Å²) in [6, 6.07) is 11.0. The van der Waals surface area contributed by atoms with E-state index >= 15 is 0 Å². The van der Waals surface area contributed by atoms with Crippen LogP contribution < -0.4 is 14.4 Å². The van der Waals surface area contributed by atoms with E-state index in [-0.39, 0.29) is 30.3 Å². The first kappa shape index (κ1) is 19.7. The van der Waals surface area contributed by atoms with Gasteiger partial charge in [-0.25, -0.2) is 4.98 Å². The maximum absolute atomic E-state index is 13.0. The molecule has 2 fully saturated rings. The molecule has 2 unspecified atom stereocenters. The second kappa shape index (κ2) is 8.41. The third kappa shape index (κ3) is 4.37. The number of nitrogens with zero attached hydrogens (tertiary/aromatic N) is 3. The number of pyridine rings is 1. The van der Waals surface area contributed by atoms with E-state index in [0.29, 0.717) is 31.3 Å². The first-order valence-electron chi connectivity index (χ1n) is 9.55. The minimum absolute atomic E-state index is 0.0126. The van der Waals surface area contributed by atoms with Gasteiger partial charge in [-0.1, -0.05) is 6.07 Å². The summed E-state index contributed by atoms with van der Waals surface area (Å²) < 4.78 is 12.0. The van der Waals surface area contributed by atoms with Gasteiger partial charge in [0.05, 0.1) is 19.6 Å². The molecule has 8 heteroatoms. The van der Waals surface area contributed by atoms with E-state index in [1.54, 1.807) is 29.2 Å². The van der Waals surface area contributed by atoms with E-state index < -0.39 is 0 Å². The van der Waals surface area contributed by atoms with Crippen LogP contribution in [0.25, 0.3) is 0 Å². The van der Waals surface area contributed by atoms with Crippen molar-refractivity contribution in [1.29, 1.82) is 0 Å². The molecule has 2 amide bonds. The Morgan fingerprint density at radius 1 is 1.24 bits per heavy atom. The highest BCUT2D eigenvalue weighted by atomic mass is 79.9. The second-order valence-electron chi connectivity index (χ2n) is 7.23. The van der Waals surface area contributed by atoms with Crippen LogP contribution >= 0.6 is 15.9 Å². The lowest BCUT2D eigenvalue weighted by molar-refractivity contribution is -0.135. The molecule has 2 atom stereocenters. The Morgan fingerprint density at radius 3 is 2.86 bits per heavy atom. The van der Waals surface area contributed by atoms with Crippen molar-refractivity contribution in [1.82, 2.24) is 9.88 Å². The third-order valence-electron chi connectivity index (χ3n) is 5.28. The first-order chi connectivity index (χ1) is 14.0. The number of methoxy groups -OCH3 is 1. The number of carbonyl (C=O) groups excluding carboxylic acids is 2. The summed E-state index contributed by atoms with van der Waals surface area (Å²) >= 11 is 3.35. The summed E-state index contributed by atoms with van der Waals surface area (Å²) in [6.45, 7) is 1.53. The Bertz CT molecular complexity index is 905. The molecule has 1 aromatic carbocycles. The fraction of sp³-hybridized carbons (Fsp3) is 0.381. The smallest absolute Gasteiger partial charge is 0.228 e. The van der Waals surface area contributed by atoms with Gasteiger partial charge in [0.1, 0.15) is 11.9 Å². The summed E-state index contributed by atoms with van der Waals surface area (Å²) in [4.78, 5) is 33.2. The topological polar surface area (TPSA) is 72.0 Å². The standard InChI is InChI=1S/C21H22BrN3O4/c1-28-17-4-2-3-16(10-17)25-12-14(9-20(25)26)21(27)24-8-7-18(13-24)29-19-6-5-15(22)11-23-19/h2-6,10-11,14,18H,7-9,12-13H2,1H3. The van der Waals surface area contributed by atoms with Crippen LogP contribution in [0.2, 0.25) is 0 Å². The van der Waals surface area contributed by atoms with Gasteiger partial charge < -0.3 is 19.3 Å². The Morgan fingerprint density at radius 2 is 2.10 bits per heavy atom. The van der Waals surface area contributed by atoms with Crippen molar-refractivity contribution in [2.24, 2.45) is 5.92 Å². The Balaban J connectivity index is 1.36. The SMILES string of the molecule is COc1cccc(N2CC(C(=O)N3CCC(Oc4ccc(Br)cn4)C3)CC2=O)c1. The molecule has 0 aliphatic carbocycles. The largest absolute Gasteiger partial charge is 0.497 e. The number of anilines is 1. The average molecular weight is 460 g/mol. The molecule has 152 valence electrons. The molecule has 29 heavy (non-hydrogen) atoms. The van der Waals surface area contributed by atoms with Crippen molar-refractivity contribution in [3.63, 3.8) is 0 Å². The molecule has 2 aliphatic rings. The molecule has 0 radical (unpaired) electrons. The number of hydrogen-bond donors (Lipinski definition) is 0. The van der Waals surface area contributed by atoms with Crippen LogP contribution in [-0.4, -0.2) is 54.5 Å². The molecule has 2 aliphatic heterocycles. The Kier molecular flexibility index (Phi) is 5.71. The van der Waals surface area contributed by atoms with Crippen molar-refractivity contribution in [2.75, 3.05) is 31.6 Å². The predicted molar refractivity (Wildman–Crippen MR) is 111 cm³/mol. The number of hydrogen-bond acceptors (Lipinski definition) is 5. The van der Waals surface area contributed by atoms with Crippen LogP contribution in [0.5, 0.6) is 11.6 Å². The van der Waals surface area contributed by atoms with Crippen molar-refractivity contribution in [3.05, 3.63) is 47.1 Å². The highest BCUT2D eigenvalue weighted by Crippen LogP contribution is 2.30. The van der Waals surface area contributed by atoms with E-state index in [2.05, 4.69) is 20.9 Å². The molecule has 0 spiro atoms. The molecule has 2 saturated heterocycles. The van der Waals surface area contributed by atoms with E-state index in [4.69, 9.17) is 9.47 Å². The number of carbonyl (C=O) groups is 2. The van der Waals surface area contributed by atoms with Gasteiger partial charge in [-0.2, -0.15) is 0 Å². The van der Waals surface area contributed by atoms with Crippen molar-refractivity contribution in [3.8, 4) is 11.6 Å². The molecular weight excluding hydrogens is 438 g/mol. The molecule has 1 aromatic heterocycles. The van der Waals surface area contributed by atoms with Crippen LogP contribution in [0, 0.1) is 5.92 Å². The molecular formula is C21H22BrN3O4. The summed E-state index contributed by atoms with van der Waals surface area (Å²) in [5.41, 5.74) is 0.758. The summed E-state index contributed by atoms with van der Waals surface area (Å²) in [7, 11) is 1.59. The fourth-order valence-electron chi connectivity index (χ4n) is 3.79. The molecule has 2 aromatic rings. The number of amides is 2. The van der Waals surface area contributed by atoms with Crippen LogP contribution in [0.1, 0.15) is 12.8 Å². The van der Waals surface area contributed by atoms with Gasteiger partial charge in [0.15, 0.2) is 0 Å². The maximum Gasteiger partial charge on any atom is 0.228 e. The lowest BCUT2D eigenvalue weighted by Crippen LogP contribution is -2.37. The number of likely N-dealkylation sites (tertiary alicyclic amines) is 1. The van der Waals surface area contributed by atoms with Gasteiger partial charge in [0, 0.05) is 54.4 Å². The molecule has 7 nitrogen and oxygen atoms in total. The number of halogens is 1. The van der Waals surface area contributed by atoms with Crippen molar-refractivity contribution < 1.29 is 19.1 Å². The Labute approximate surface area is 177 Å². The van der Waals surface area contributed by atoms with Gasteiger partial charge in [-0.05, 0) is 34.1 Å². The molecule has 4 rings (SSSR count). The molecule has 0 saturated carbocycles. The monoisotopic (exact) mass is 459 g/mol.